The molecule has 27 valence electrons. The summed E-state index contributed by atoms with van der Waals surface area (Å²) in [7, 11) is 0. The molecule has 0 saturated carbocycles. The van der Waals surface area contributed by atoms with E-state index in [-0.39, 0.29) is 0 Å². The molecule has 0 N–H and O–H groups in total. The SMILES string of the molecule is [CH2]C[N+]C=O. The van der Waals surface area contributed by atoms with Crippen LogP contribution in [0, 0.1) is 6.92 Å². The van der Waals surface area contributed by atoms with Crippen LogP contribution in [0.1, 0.15) is 0 Å². The van der Waals surface area contributed by atoms with Crippen molar-refractivity contribution in [2.24, 2.45) is 0 Å². The molecule has 1 amide bonds. The molecule has 2 nitrogen and oxygen atoms in total. The highest BCUT2D eigenvalue weighted by molar-refractivity contribution is 5.45. The maximum absolute atomic E-state index is 9.20. The third kappa shape index (κ3) is 3.63. The van der Waals surface area contributed by atoms with Crippen LogP contribution in [0.15, 0.2) is 0 Å². The van der Waals surface area contributed by atoms with Crippen LogP contribution in [0.2, 0.25) is 0 Å². The van der Waals surface area contributed by atoms with Crippen molar-refractivity contribution < 1.29 is 4.79 Å². The third-order valence-corrected chi connectivity index (χ3v) is 0.204. The predicted octanol–water partition coefficient (Wildman–Crippen LogP) is -0.419. The molecule has 0 spiro atoms. The van der Waals surface area contributed by atoms with Gasteiger partial charge in [0.1, 0.15) is 5.32 Å². The van der Waals surface area contributed by atoms with Gasteiger partial charge in [0.2, 0.25) is 0 Å². The number of hydrogen-bond acceptors (Lipinski definition) is 1. The average Bonchev–Trinajstić information content (AvgIpc) is 1.41. The maximum atomic E-state index is 9.20. The molecule has 0 heterocycles. The summed E-state index contributed by atoms with van der Waals surface area (Å²) in [5.41, 5.74) is 0. The fraction of sp³-hybridized carbons (Fsp3) is 0.333. The zero-order valence-electron chi connectivity index (χ0n) is 2.85. The minimum atomic E-state index is 0.351. The van der Waals surface area contributed by atoms with Gasteiger partial charge in [0.15, 0.2) is 6.54 Å². The van der Waals surface area contributed by atoms with Gasteiger partial charge in [-0.2, -0.15) is 0 Å². The van der Waals surface area contributed by atoms with Gasteiger partial charge in [-0.1, -0.05) is 0 Å². The molecule has 0 aromatic heterocycles. The monoisotopic (exact) mass is 71.0 g/mol. The predicted molar refractivity (Wildman–Crippen MR) is 18.4 cm³/mol. The van der Waals surface area contributed by atoms with Gasteiger partial charge in [0.05, 0.1) is 0 Å². The van der Waals surface area contributed by atoms with E-state index >= 15 is 0 Å². The standard InChI is InChI=1S/C3H5NO/c1-2-4-3-5/h3H,1-2H2/q+1. The Hall–Kier alpha value is -0.370. The summed E-state index contributed by atoms with van der Waals surface area (Å²) in [6.45, 7) is 3.63. The van der Waals surface area contributed by atoms with Gasteiger partial charge in [-0.25, -0.2) is 4.79 Å². The highest BCUT2D eigenvalue weighted by Gasteiger charge is 1.86. The summed E-state index contributed by atoms with van der Waals surface area (Å²) in [6, 6.07) is 0. The molecule has 0 aromatic carbocycles. The zero-order chi connectivity index (χ0) is 4.12. The van der Waals surface area contributed by atoms with E-state index in [0.29, 0.717) is 13.0 Å². The minimum Gasteiger partial charge on any atom is -0.222 e. The smallest absolute Gasteiger partial charge is 0.222 e. The molecule has 3 radical (unpaired) electrons. The Morgan fingerprint density at radius 3 is 2.60 bits per heavy atom. The van der Waals surface area contributed by atoms with Crippen LogP contribution < -0.4 is 5.32 Å². The Kier molecular flexibility index (Phi) is 3.36. The molecule has 0 aliphatic rings. The normalized spacial score (nSPS) is 7.40. The Balaban J connectivity index is 2.40. The van der Waals surface area contributed by atoms with Gasteiger partial charge in [0, 0.05) is 6.92 Å². The van der Waals surface area contributed by atoms with E-state index in [0.717, 1.165) is 0 Å². The number of nitrogens with zero attached hydrogens (tertiary/aromatic N) is 1. The van der Waals surface area contributed by atoms with Crippen LogP contribution in [0.4, 0.5) is 0 Å². The van der Waals surface area contributed by atoms with Crippen molar-refractivity contribution in [1.82, 2.24) is 5.32 Å². The van der Waals surface area contributed by atoms with Crippen LogP contribution in [-0.2, 0) is 4.79 Å². The van der Waals surface area contributed by atoms with Gasteiger partial charge in [0.25, 0.3) is 0 Å². The van der Waals surface area contributed by atoms with E-state index in [4.69, 9.17) is 0 Å². The summed E-state index contributed by atoms with van der Waals surface area (Å²) in [6.07, 6.45) is 0.493. The van der Waals surface area contributed by atoms with Gasteiger partial charge >= 0.3 is 6.41 Å². The lowest BCUT2D eigenvalue weighted by atomic mass is 10.8. The van der Waals surface area contributed by atoms with Crippen molar-refractivity contribution in [3.05, 3.63) is 6.92 Å². The lowest BCUT2D eigenvalue weighted by Gasteiger charge is -1.50. The third-order valence-electron chi connectivity index (χ3n) is 0.204. The Morgan fingerprint density at radius 1 is 2.00 bits per heavy atom. The van der Waals surface area contributed by atoms with Crippen molar-refractivity contribution >= 4 is 6.41 Å². The van der Waals surface area contributed by atoms with Crippen LogP contribution in [0.5, 0.6) is 0 Å². The lowest BCUT2D eigenvalue weighted by molar-refractivity contribution is -0.109. The molecule has 0 saturated heterocycles. The quantitative estimate of drug-likeness (QED) is 0.407. The first-order valence-electron chi connectivity index (χ1n) is 1.31. The number of carbonyl (C=O) groups is 1. The fourth-order valence-electron chi connectivity index (χ4n) is 0.0527. The van der Waals surface area contributed by atoms with Gasteiger partial charge in [-0.15, -0.1) is 0 Å². The fourth-order valence-corrected chi connectivity index (χ4v) is 0.0527. The van der Waals surface area contributed by atoms with E-state index in [2.05, 4.69) is 12.2 Å². The van der Waals surface area contributed by atoms with Gasteiger partial charge < -0.3 is 0 Å². The van der Waals surface area contributed by atoms with Crippen molar-refractivity contribution in [1.29, 1.82) is 0 Å². The summed E-state index contributed by atoms with van der Waals surface area (Å²) >= 11 is 0. The van der Waals surface area contributed by atoms with E-state index in [9.17, 15) is 4.79 Å². The summed E-state index contributed by atoms with van der Waals surface area (Å²) in [5.74, 6) is 0. The maximum Gasteiger partial charge on any atom is 0.408 e. The molecule has 0 aliphatic heterocycles. The van der Waals surface area contributed by atoms with Crippen molar-refractivity contribution in [2.75, 3.05) is 6.54 Å². The average molecular weight is 71.1 g/mol. The molecular weight excluding hydrogens is 66.0 g/mol. The second-order valence-electron chi connectivity index (χ2n) is 0.512. The summed E-state index contributed by atoms with van der Waals surface area (Å²) < 4.78 is 0. The molecule has 0 aromatic rings. The first kappa shape index (κ1) is 4.63. The van der Waals surface area contributed by atoms with Crippen LogP contribution in [-0.4, -0.2) is 13.0 Å². The largest absolute Gasteiger partial charge is 0.408 e. The van der Waals surface area contributed by atoms with E-state index in [1.165, 1.54) is 0 Å². The Labute approximate surface area is 31.2 Å². The Morgan fingerprint density at radius 2 is 2.60 bits per heavy atom. The molecule has 0 aliphatic carbocycles. The highest BCUT2D eigenvalue weighted by atomic mass is 16.1. The molecular formula is C3H5NO+. The van der Waals surface area contributed by atoms with E-state index in [1.807, 2.05) is 0 Å². The topological polar surface area (TPSA) is 31.2 Å². The molecule has 2 heteroatoms. The highest BCUT2D eigenvalue weighted by Crippen LogP contribution is 1.41. The van der Waals surface area contributed by atoms with Gasteiger partial charge in [-0.05, 0) is 0 Å². The van der Waals surface area contributed by atoms with Gasteiger partial charge in [-0.3, -0.25) is 0 Å². The van der Waals surface area contributed by atoms with Crippen molar-refractivity contribution in [3.8, 4) is 0 Å². The van der Waals surface area contributed by atoms with Crippen molar-refractivity contribution in [3.63, 3.8) is 0 Å². The molecule has 0 atom stereocenters. The number of hydrogen-bond donors (Lipinski definition) is 0. The molecule has 0 bridgehead atoms. The number of rotatable bonds is 2. The number of carbonyl (C=O) groups excluding carboxylic acids is 1. The number of amides is 1. The first-order chi connectivity index (χ1) is 2.41. The molecule has 5 heavy (non-hydrogen) atoms. The van der Waals surface area contributed by atoms with Crippen LogP contribution in [0.3, 0.4) is 0 Å². The molecule has 0 unspecified atom stereocenters. The van der Waals surface area contributed by atoms with Crippen LogP contribution in [0.25, 0.3) is 0 Å². The zero-order valence-corrected chi connectivity index (χ0v) is 2.85. The second kappa shape index (κ2) is 3.63. The lowest BCUT2D eigenvalue weighted by Crippen LogP contribution is -1.97. The molecule has 0 rings (SSSR count). The summed E-state index contributed by atoms with van der Waals surface area (Å²) in [5, 5.41) is 3.18. The van der Waals surface area contributed by atoms with Crippen LogP contribution >= 0.6 is 0 Å². The van der Waals surface area contributed by atoms with Crippen molar-refractivity contribution in [2.45, 2.75) is 0 Å². The second-order valence-corrected chi connectivity index (χ2v) is 0.512. The molecule has 0 fully saturated rings. The Bertz CT molecular complexity index is 28.1. The van der Waals surface area contributed by atoms with E-state index < -0.39 is 0 Å². The van der Waals surface area contributed by atoms with E-state index in [1.54, 1.807) is 0 Å². The minimum absolute atomic E-state index is 0.351. The summed E-state index contributed by atoms with van der Waals surface area (Å²) in [4.78, 5) is 9.20. The first-order valence-corrected chi connectivity index (χ1v) is 1.31.